The molecule has 0 radical (unpaired) electrons. The number of piperazine rings is 1. The second kappa shape index (κ2) is 9.92. The molecule has 0 unspecified atom stereocenters. The Labute approximate surface area is 200 Å². The number of nitrogens with zero attached hydrogens (tertiary/aromatic N) is 2. The van der Waals surface area contributed by atoms with E-state index in [1.54, 1.807) is 12.0 Å². The van der Waals surface area contributed by atoms with Crippen LogP contribution in [-0.2, 0) is 11.2 Å². The van der Waals surface area contributed by atoms with Gasteiger partial charge in [0.05, 0.1) is 13.2 Å². The summed E-state index contributed by atoms with van der Waals surface area (Å²) in [6.45, 7) is 1.49. The first kappa shape index (κ1) is 22.5. The van der Waals surface area contributed by atoms with Gasteiger partial charge < -0.3 is 19.5 Å². The lowest BCUT2D eigenvalue weighted by Crippen LogP contribution is -2.59. The van der Waals surface area contributed by atoms with E-state index in [4.69, 9.17) is 4.74 Å². The van der Waals surface area contributed by atoms with Crippen LogP contribution in [-0.4, -0.2) is 59.4 Å². The van der Waals surface area contributed by atoms with E-state index in [9.17, 15) is 9.59 Å². The number of methoxy groups -OCH3 is 1. The van der Waals surface area contributed by atoms with Crippen molar-refractivity contribution in [2.45, 2.75) is 44.6 Å². The largest absolute Gasteiger partial charge is 0.497 e. The molecule has 2 amide bonds. The number of hydrogen-bond acceptors (Lipinski definition) is 3. The molecular weight excluding hydrogens is 426 g/mol. The van der Waals surface area contributed by atoms with Crippen molar-refractivity contribution in [3.05, 3.63) is 65.9 Å². The molecule has 6 nitrogen and oxygen atoms in total. The minimum Gasteiger partial charge on any atom is -0.497 e. The molecule has 178 valence electrons. The van der Waals surface area contributed by atoms with Crippen molar-refractivity contribution >= 4 is 22.7 Å². The van der Waals surface area contributed by atoms with Gasteiger partial charge in [-0.1, -0.05) is 49.6 Å². The minimum atomic E-state index is -0.126. The number of nitrogens with one attached hydrogen (secondary N) is 1. The first-order valence-corrected chi connectivity index (χ1v) is 12.4. The standard InChI is InChI=1S/C28H33N3O3/c1-34-24-12-13-25-22(15-24)16-26(29-25)28(33)30-18-23(14-20-8-4-2-5-9-20)31(27(32)19-30)17-21-10-6-3-7-11-21/h2,4-5,8-9,12-13,15-16,21,23,29H,3,6-7,10-11,14,17-19H2,1H3/t23-/m0/s1. The monoisotopic (exact) mass is 459 g/mol. The number of H-pyrrole nitrogens is 1. The van der Waals surface area contributed by atoms with E-state index < -0.39 is 0 Å². The maximum Gasteiger partial charge on any atom is 0.270 e. The summed E-state index contributed by atoms with van der Waals surface area (Å²) in [6, 6.07) is 17.8. The molecule has 2 aliphatic rings. The topological polar surface area (TPSA) is 65.6 Å². The molecule has 3 aromatic rings. The highest BCUT2D eigenvalue weighted by atomic mass is 16.5. The fourth-order valence-corrected chi connectivity index (χ4v) is 5.51. The van der Waals surface area contributed by atoms with Crippen LogP contribution in [0.25, 0.3) is 10.9 Å². The molecule has 1 atom stereocenters. The third kappa shape index (κ3) is 4.81. The molecule has 6 heteroatoms. The number of aromatic amines is 1. The summed E-state index contributed by atoms with van der Waals surface area (Å²) in [5.41, 5.74) is 2.59. The van der Waals surface area contributed by atoms with Crippen LogP contribution in [0.4, 0.5) is 0 Å². The first-order valence-electron chi connectivity index (χ1n) is 12.4. The summed E-state index contributed by atoms with van der Waals surface area (Å²) in [7, 11) is 1.63. The van der Waals surface area contributed by atoms with E-state index in [1.807, 2.05) is 42.5 Å². The molecule has 2 aromatic carbocycles. The van der Waals surface area contributed by atoms with Crippen LogP contribution in [0, 0.1) is 5.92 Å². The van der Waals surface area contributed by atoms with E-state index in [0.29, 0.717) is 18.2 Å². The van der Waals surface area contributed by atoms with Gasteiger partial charge in [0.2, 0.25) is 5.91 Å². The second-order valence-corrected chi connectivity index (χ2v) is 9.72. The van der Waals surface area contributed by atoms with Gasteiger partial charge in [-0.2, -0.15) is 0 Å². The lowest BCUT2D eigenvalue weighted by molar-refractivity contribution is -0.139. The lowest BCUT2D eigenvalue weighted by atomic mass is 9.88. The van der Waals surface area contributed by atoms with Gasteiger partial charge in [0.1, 0.15) is 18.0 Å². The predicted octanol–water partition coefficient (Wildman–Crippen LogP) is 4.65. The molecular formula is C28H33N3O3. The van der Waals surface area contributed by atoms with Crippen LogP contribution in [0.3, 0.4) is 0 Å². The molecule has 2 heterocycles. The highest BCUT2D eigenvalue weighted by Crippen LogP contribution is 2.28. The summed E-state index contributed by atoms with van der Waals surface area (Å²) in [4.78, 5) is 33.9. The van der Waals surface area contributed by atoms with Gasteiger partial charge in [0.15, 0.2) is 0 Å². The van der Waals surface area contributed by atoms with Crippen molar-refractivity contribution in [3.8, 4) is 5.75 Å². The summed E-state index contributed by atoms with van der Waals surface area (Å²) < 4.78 is 5.31. The number of hydrogen-bond donors (Lipinski definition) is 1. The van der Waals surface area contributed by atoms with Crippen LogP contribution in [0.5, 0.6) is 5.75 Å². The Balaban J connectivity index is 1.37. The Kier molecular flexibility index (Phi) is 6.57. The fourth-order valence-electron chi connectivity index (χ4n) is 5.51. The Morgan fingerprint density at radius 1 is 1.06 bits per heavy atom. The highest BCUT2D eigenvalue weighted by molar-refractivity contribution is 6.00. The number of aromatic nitrogens is 1. The summed E-state index contributed by atoms with van der Waals surface area (Å²) in [5, 5.41) is 0.922. The minimum absolute atomic E-state index is 0.0148. The third-order valence-electron chi connectivity index (χ3n) is 7.36. The zero-order chi connectivity index (χ0) is 23.5. The molecule has 1 aromatic heterocycles. The van der Waals surface area contributed by atoms with E-state index in [2.05, 4.69) is 22.0 Å². The van der Waals surface area contributed by atoms with Gasteiger partial charge in [0.25, 0.3) is 5.91 Å². The van der Waals surface area contributed by atoms with E-state index >= 15 is 0 Å². The number of benzene rings is 2. The normalized spacial score (nSPS) is 19.6. The Morgan fingerprint density at radius 2 is 1.85 bits per heavy atom. The second-order valence-electron chi connectivity index (χ2n) is 9.72. The van der Waals surface area contributed by atoms with Crippen LogP contribution in [0.1, 0.15) is 48.2 Å². The van der Waals surface area contributed by atoms with Crippen molar-refractivity contribution in [2.75, 3.05) is 26.7 Å². The Morgan fingerprint density at radius 3 is 2.62 bits per heavy atom. The summed E-state index contributed by atoms with van der Waals surface area (Å²) in [6.07, 6.45) is 6.97. The van der Waals surface area contributed by atoms with E-state index in [1.165, 1.54) is 37.7 Å². The number of carbonyl (C=O) groups is 2. The first-order chi connectivity index (χ1) is 16.6. The van der Waals surface area contributed by atoms with E-state index in [-0.39, 0.29) is 24.4 Å². The Hall–Kier alpha value is -3.28. The SMILES string of the molecule is COc1ccc2[nH]c(C(=O)N3CC(=O)N(CC4CCCCC4)[C@@H](Cc4ccccc4)C3)cc2c1. The average molecular weight is 460 g/mol. The van der Waals surface area contributed by atoms with Gasteiger partial charge in [-0.05, 0) is 55.0 Å². The quantitative estimate of drug-likeness (QED) is 0.583. The zero-order valence-corrected chi connectivity index (χ0v) is 19.8. The molecule has 1 aliphatic carbocycles. The van der Waals surface area contributed by atoms with Crippen LogP contribution in [0.15, 0.2) is 54.6 Å². The highest BCUT2D eigenvalue weighted by Gasteiger charge is 2.36. The number of amides is 2. The molecule has 1 saturated carbocycles. The van der Waals surface area contributed by atoms with Gasteiger partial charge in [-0.3, -0.25) is 9.59 Å². The van der Waals surface area contributed by atoms with Crippen molar-refractivity contribution in [3.63, 3.8) is 0 Å². The van der Waals surface area contributed by atoms with Gasteiger partial charge >= 0.3 is 0 Å². The van der Waals surface area contributed by atoms with Crippen molar-refractivity contribution in [1.29, 1.82) is 0 Å². The molecule has 0 spiro atoms. The number of ether oxygens (including phenoxy) is 1. The predicted molar refractivity (Wildman–Crippen MR) is 133 cm³/mol. The number of carbonyl (C=O) groups excluding carboxylic acids is 2. The smallest absolute Gasteiger partial charge is 0.270 e. The van der Waals surface area contributed by atoms with E-state index in [0.717, 1.165) is 29.6 Å². The summed E-state index contributed by atoms with van der Waals surface area (Å²) in [5.74, 6) is 1.25. The van der Waals surface area contributed by atoms with Crippen molar-refractivity contribution < 1.29 is 14.3 Å². The van der Waals surface area contributed by atoms with Crippen LogP contribution < -0.4 is 4.74 Å². The number of fused-ring (bicyclic) bond motifs is 1. The maximum absolute atomic E-state index is 13.5. The fraction of sp³-hybridized carbons (Fsp3) is 0.429. The molecule has 1 N–H and O–H groups in total. The third-order valence-corrected chi connectivity index (χ3v) is 7.36. The van der Waals surface area contributed by atoms with Gasteiger partial charge in [-0.25, -0.2) is 0 Å². The molecule has 5 rings (SSSR count). The van der Waals surface area contributed by atoms with Crippen molar-refractivity contribution in [1.82, 2.24) is 14.8 Å². The number of rotatable bonds is 6. The average Bonchev–Trinajstić information content (AvgIpc) is 3.30. The maximum atomic E-state index is 13.5. The zero-order valence-electron chi connectivity index (χ0n) is 19.8. The molecule has 34 heavy (non-hydrogen) atoms. The molecule has 2 fully saturated rings. The van der Waals surface area contributed by atoms with Gasteiger partial charge in [-0.15, -0.1) is 0 Å². The molecule has 1 aliphatic heterocycles. The summed E-state index contributed by atoms with van der Waals surface area (Å²) >= 11 is 0. The molecule has 0 bridgehead atoms. The Bertz CT molecular complexity index is 1150. The molecule has 1 saturated heterocycles. The van der Waals surface area contributed by atoms with Crippen LogP contribution in [0.2, 0.25) is 0 Å². The lowest BCUT2D eigenvalue weighted by Gasteiger charge is -2.43. The van der Waals surface area contributed by atoms with Crippen LogP contribution >= 0.6 is 0 Å². The van der Waals surface area contributed by atoms with Gasteiger partial charge in [0, 0.05) is 24.0 Å². The van der Waals surface area contributed by atoms with Crippen molar-refractivity contribution in [2.24, 2.45) is 5.92 Å².